The Hall–Kier alpha value is -6.28. The molecule has 0 spiro atoms. The van der Waals surface area contributed by atoms with Crippen molar-refractivity contribution < 1.29 is 17.1 Å². The summed E-state index contributed by atoms with van der Waals surface area (Å²) in [5, 5.41) is 0. The fourth-order valence-electron chi connectivity index (χ4n) is 6.96. The third-order valence-electron chi connectivity index (χ3n) is 9.31. The molecule has 0 atom stereocenters. The number of aromatic nitrogens is 8. The fraction of sp³-hybridized carbons (Fsp3) is 0.0909. The maximum absolute atomic E-state index is 5.27. The SMILES string of the molecule is Cc1ccnc(-c2c(-c3cc(C)ccn3)c3c(-c4cc(C)ccn4)c4nc(cc5ccc(cc6nc(cc2n3-c2cc(C)ccn2)C=C6)[nH]5)C=C4)c1.[Fe]. The molecule has 0 radical (unpaired) electrons. The van der Waals surface area contributed by atoms with E-state index in [1.165, 1.54) is 0 Å². The van der Waals surface area contributed by atoms with Crippen LogP contribution in [0, 0.1) is 27.7 Å². The number of pyridine rings is 4. The van der Waals surface area contributed by atoms with Gasteiger partial charge in [0.2, 0.25) is 0 Å². The summed E-state index contributed by atoms with van der Waals surface area (Å²) in [4.78, 5) is 34.0. The Labute approximate surface area is 317 Å². The Kier molecular flexibility index (Phi) is 8.74. The van der Waals surface area contributed by atoms with Crippen LogP contribution in [0.2, 0.25) is 0 Å². The molecule has 53 heavy (non-hydrogen) atoms. The van der Waals surface area contributed by atoms with Crippen molar-refractivity contribution in [2.75, 3.05) is 0 Å². The number of aromatic amines is 1. The normalized spacial score (nSPS) is 11.8. The fourth-order valence-corrected chi connectivity index (χ4v) is 6.96. The zero-order valence-corrected chi connectivity index (χ0v) is 30.7. The molecular formula is C44H34FeN8. The van der Waals surface area contributed by atoms with Gasteiger partial charge in [-0.25, -0.2) is 15.0 Å². The van der Waals surface area contributed by atoms with E-state index >= 15 is 0 Å². The van der Waals surface area contributed by atoms with E-state index < -0.39 is 0 Å². The van der Waals surface area contributed by atoms with E-state index in [0.29, 0.717) is 0 Å². The first-order valence-corrected chi connectivity index (χ1v) is 17.3. The molecule has 9 heterocycles. The summed E-state index contributed by atoms with van der Waals surface area (Å²) in [6, 6.07) is 26.9. The van der Waals surface area contributed by atoms with Gasteiger partial charge in [-0.1, -0.05) is 0 Å². The number of hydrogen-bond acceptors (Lipinski definition) is 6. The smallest absolute Gasteiger partial charge is 0.137 e. The predicted octanol–water partition coefficient (Wildman–Crippen LogP) is 9.93. The summed E-state index contributed by atoms with van der Waals surface area (Å²) in [7, 11) is 0. The number of aryl methyl sites for hydroxylation is 4. The van der Waals surface area contributed by atoms with Crippen molar-refractivity contribution in [3.05, 3.63) is 149 Å². The molecule has 7 aromatic rings. The summed E-state index contributed by atoms with van der Waals surface area (Å²) in [6.07, 6.45) is 15.7. The molecule has 8 nitrogen and oxygen atoms in total. The van der Waals surface area contributed by atoms with Crippen molar-refractivity contribution in [3.8, 4) is 39.6 Å². The van der Waals surface area contributed by atoms with Crippen LogP contribution in [0.3, 0.4) is 0 Å². The first-order valence-electron chi connectivity index (χ1n) is 17.3. The van der Waals surface area contributed by atoms with Crippen LogP contribution >= 0.6 is 0 Å². The van der Waals surface area contributed by atoms with E-state index in [0.717, 1.165) is 107 Å². The van der Waals surface area contributed by atoms with Crippen molar-refractivity contribution in [2.24, 2.45) is 0 Å². The van der Waals surface area contributed by atoms with Crippen LogP contribution in [0.4, 0.5) is 0 Å². The molecule has 0 amide bonds. The van der Waals surface area contributed by atoms with Crippen LogP contribution in [0.5, 0.6) is 0 Å². The minimum atomic E-state index is 0. The van der Waals surface area contributed by atoms with Gasteiger partial charge in [-0.3, -0.25) is 19.5 Å². The van der Waals surface area contributed by atoms with Crippen molar-refractivity contribution in [2.45, 2.75) is 27.7 Å². The van der Waals surface area contributed by atoms with Crippen molar-refractivity contribution >= 4 is 46.4 Å². The summed E-state index contributed by atoms with van der Waals surface area (Å²) < 4.78 is 2.23. The summed E-state index contributed by atoms with van der Waals surface area (Å²) in [5.41, 5.74) is 16.3. The van der Waals surface area contributed by atoms with Crippen LogP contribution in [-0.2, 0) is 17.1 Å². The number of H-pyrrole nitrogens is 1. The van der Waals surface area contributed by atoms with Crippen molar-refractivity contribution in [3.63, 3.8) is 0 Å². The Morgan fingerprint density at radius 3 is 1.55 bits per heavy atom. The van der Waals surface area contributed by atoms with Gasteiger partial charge in [0.05, 0.1) is 56.5 Å². The second kappa shape index (κ2) is 13.7. The monoisotopic (exact) mass is 730 g/mol. The van der Waals surface area contributed by atoms with E-state index in [-0.39, 0.29) is 17.1 Å². The standard InChI is InChI=1S/C44H34N8.Fe/c1-26-11-15-45-36(19-26)41-35-10-9-33(51-35)24-32-6-5-30(49-32)23-31-7-8-34(50-31)25-39-42(37-20-27(2)12-16-46-37)43(38-21-28(3)13-17-47-38)44(41)52(39)40-22-29(4)14-18-48-40;/h5-25,49H,1-4H3;. The first-order chi connectivity index (χ1) is 25.4. The largest absolute Gasteiger partial charge is 0.355 e. The third-order valence-corrected chi connectivity index (χ3v) is 9.31. The quantitative estimate of drug-likeness (QED) is 0.181. The van der Waals surface area contributed by atoms with Gasteiger partial charge in [0.25, 0.3) is 0 Å². The summed E-state index contributed by atoms with van der Waals surface area (Å²) in [5.74, 6) is 0.745. The van der Waals surface area contributed by atoms with Crippen LogP contribution in [-0.4, -0.2) is 39.5 Å². The van der Waals surface area contributed by atoms with Gasteiger partial charge in [-0.15, -0.1) is 0 Å². The average Bonchev–Trinajstić information content (AvgIpc) is 3.93. The van der Waals surface area contributed by atoms with Crippen molar-refractivity contribution in [1.29, 1.82) is 0 Å². The number of nitrogens with zero attached hydrogens (tertiary/aromatic N) is 7. The number of fused-ring (bicyclic) bond motifs is 8. The predicted molar refractivity (Wildman–Crippen MR) is 210 cm³/mol. The van der Waals surface area contributed by atoms with Crippen LogP contribution in [0.25, 0.3) is 86.0 Å². The van der Waals surface area contributed by atoms with E-state index in [2.05, 4.69) is 110 Å². The van der Waals surface area contributed by atoms with E-state index in [4.69, 9.17) is 29.9 Å². The number of nitrogens with one attached hydrogen (secondary N) is 1. The molecule has 2 aliphatic rings. The molecule has 0 saturated carbocycles. The van der Waals surface area contributed by atoms with Crippen molar-refractivity contribution in [1.82, 2.24) is 39.5 Å². The molecule has 0 saturated heterocycles. The summed E-state index contributed by atoms with van der Waals surface area (Å²) >= 11 is 0. The topological polar surface area (TPSA) is 98.1 Å². The van der Waals surface area contributed by atoms with Gasteiger partial charge in [0.15, 0.2) is 0 Å². The molecule has 2 aliphatic heterocycles. The molecule has 1 N–H and O–H groups in total. The average molecular weight is 731 g/mol. The van der Waals surface area contributed by atoms with Gasteiger partial charge >= 0.3 is 0 Å². The Morgan fingerprint density at radius 1 is 0.472 bits per heavy atom. The van der Waals surface area contributed by atoms with E-state index in [1.54, 1.807) is 0 Å². The molecule has 0 aliphatic carbocycles. The van der Waals surface area contributed by atoms with Crippen LogP contribution in [0.1, 0.15) is 45.0 Å². The van der Waals surface area contributed by atoms with Gasteiger partial charge in [-0.2, -0.15) is 0 Å². The Bertz CT molecular complexity index is 2810. The molecular weight excluding hydrogens is 696 g/mol. The van der Waals surface area contributed by atoms with Gasteiger partial charge < -0.3 is 4.98 Å². The third kappa shape index (κ3) is 6.41. The minimum Gasteiger partial charge on any atom is -0.355 e. The van der Waals surface area contributed by atoms with E-state index in [1.807, 2.05) is 55.1 Å². The van der Waals surface area contributed by atoms with Crippen LogP contribution in [0.15, 0.2) is 104 Å². The first kappa shape index (κ1) is 33.8. The molecule has 258 valence electrons. The zero-order valence-electron chi connectivity index (χ0n) is 29.6. The van der Waals surface area contributed by atoms with Gasteiger partial charge in [0, 0.05) is 64.0 Å². The molecule has 8 bridgehead atoms. The Morgan fingerprint density at radius 2 is 0.962 bits per heavy atom. The molecule has 0 aromatic carbocycles. The van der Waals surface area contributed by atoms with Gasteiger partial charge in [0.1, 0.15) is 5.82 Å². The molecule has 7 aromatic heterocycles. The number of hydrogen-bond donors (Lipinski definition) is 1. The molecule has 0 fully saturated rings. The molecule has 0 unspecified atom stereocenters. The number of rotatable bonds is 4. The summed E-state index contributed by atoms with van der Waals surface area (Å²) in [6.45, 7) is 8.35. The maximum atomic E-state index is 5.27. The maximum Gasteiger partial charge on any atom is 0.137 e. The zero-order chi connectivity index (χ0) is 35.3. The Balaban J connectivity index is 0.00000400. The second-order valence-corrected chi connectivity index (χ2v) is 13.4. The van der Waals surface area contributed by atoms with E-state index in [9.17, 15) is 0 Å². The second-order valence-electron chi connectivity index (χ2n) is 13.4. The van der Waals surface area contributed by atoms with Crippen LogP contribution < -0.4 is 0 Å². The minimum absolute atomic E-state index is 0. The van der Waals surface area contributed by atoms with Gasteiger partial charge in [-0.05, 0) is 153 Å². The molecule has 9 rings (SSSR count). The molecule has 9 heteroatoms.